The van der Waals surface area contributed by atoms with Crippen molar-refractivity contribution in [2.45, 2.75) is 0 Å². The predicted octanol–water partition coefficient (Wildman–Crippen LogP) is 0.412. The maximum atomic E-state index is 6.64. The Labute approximate surface area is 60.9 Å². The molecule has 0 amide bonds. The van der Waals surface area contributed by atoms with Crippen molar-refractivity contribution in [1.82, 2.24) is 0 Å². The van der Waals surface area contributed by atoms with Crippen molar-refractivity contribution in [3.05, 3.63) is 0 Å². The largest absolute Gasteiger partial charge is 0.484 e. The molecule has 5 heteroatoms. The van der Waals surface area contributed by atoms with Gasteiger partial charge in [-0.05, 0) is 0 Å². The highest BCUT2D eigenvalue weighted by Gasteiger charge is 1.81. The Balaban J connectivity index is -0.000000125. The molecule has 3 N–H and O–H groups in total. The van der Waals surface area contributed by atoms with Crippen molar-refractivity contribution in [2.75, 3.05) is 13.7 Å². The van der Waals surface area contributed by atoms with Crippen LogP contribution in [-0.2, 0) is 4.74 Å². The van der Waals surface area contributed by atoms with Gasteiger partial charge in [0.05, 0.1) is 13.7 Å². The summed E-state index contributed by atoms with van der Waals surface area (Å²) in [5.41, 5.74) is 4.93. The zero-order valence-corrected chi connectivity index (χ0v) is 6.14. The van der Waals surface area contributed by atoms with Crippen LogP contribution in [0.1, 0.15) is 0 Å². The molecule has 0 saturated carbocycles. The van der Waals surface area contributed by atoms with Crippen LogP contribution >= 0.6 is 24.8 Å². The molecule has 0 radical (unpaired) electrons. The van der Waals surface area contributed by atoms with Crippen molar-refractivity contribution < 1.29 is 4.74 Å². The van der Waals surface area contributed by atoms with Crippen LogP contribution in [0.3, 0.4) is 0 Å². The van der Waals surface area contributed by atoms with Gasteiger partial charge >= 0.3 is 0 Å². The molecule has 0 aliphatic carbocycles. The molecule has 0 aromatic rings. The summed E-state index contributed by atoms with van der Waals surface area (Å²) in [6.45, 7) is 0.191. The third-order valence-electron chi connectivity index (χ3n) is 0.432. The highest BCUT2D eigenvalue weighted by atomic mass is 35.5. The third-order valence-corrected chi connectivity index (χ3v) is 0.432. The molecule has 0 fully saturated rings. The van der Waals surface area contributed by atoms with Gasteiger partial charge < -0.3 is 10.5 Å². The van der Waals surface area contributed by atoms with Gasteiger partial charge in [0.2, 0.25) is 0 Å². The van der Waals surface area contributed by atoms with E-state index in [4.69, 9.17) is 11.1 Å². The Morgan fingerprint density at radius 2 is 2.00 bits per heavy atom. The summed E-state index contributed by atoms with van der Waals surface area (Å²) in [5, 5.41) is 6.64. The molecular weight excluding hydrogens is 151 g/mol. The molecule has 0 unspecified atom stereocenters. The Kier molecular flexibility index (Phi) is 19.8. The van der Waals surface area contributed by atoms with Gasteiger partial charge in [0.15, 0.2) is 5.90 Å². The summed E-state index contributed by atoms with van der Waals surface area (Å²) in [5.74, 6) is 0.120. The fourth-order valence-electron chi connectivity index (χ4n) is 0.0833. The van der Waals surface area contributed by atoms with Crippen LogP contribution in [0.15, 0.2) is 0 Å². The van der Waals surface area contributed by atoms with Gasteiger partial charge in [0.1, 0.15) is 0 Å². The first-order chi connectivity index (χ1) is 2.81. The van der Waals surface area contributed by atoms with Crippen LogP contribution in [0.25, 0.3) is 0 Å². The Hall–Kier alpha value is 0.01000. The van der Waals surface area contributed by atoms with Gasteiger partial charge in [-0.1, -0.05) is 0 Å². The first-order valence-electron chi connectivity index (χ1n) is 1.62. The minimum atomic E-state index is 0. The lowest BCUT2D eigenvalue weighted by Crippen LogP contribution is -2.13. The number of rotatable bonds is 1. The quantitative estimate of drug-likeness (QED) is 0.432. The van der Waals surface area contributed by atoms with Crippen LogP contribution < -0.4 is 5.73 Å². The number of methoxy groups -OCH3 is 1. The van der Waals surface area contributed by atoms with Crippen molar-refractivity contribution in [3.63, 3.8) is 0 Å². The zero-order valence-electron chi connectivity index (χ0n) is 4.51. The van der Waals surface area contributed by atoms with E-state index in [2.05, 4.69) is 4.74 Å². The van der Waals surface area contributed by atoms with E-state index >= 15 is 0 Å². The molecular formula is C3H10Cl2N2O. The lowest BCUT2D eigenvalue weighted by Gasteiger charge is -1.92. The normalized spacial score (nSPS) is 5.75. The van der Waals surface area contributed by atoms with E-state index in [0.717, 1.165) is 0 Å². The average molecular weight is 161 g/mol. The molecule has 0 bridgehead atoms. The molecule has 8 heavy (non-hydrogen) atoms. The first kappa shape index (κ1) is 15.7. The topological polar surface area (TPSA) is 59.1 Å². The zero-order chi connectivity index (χ0) is 4.99. The summed E-state index contributed by atoms with van der Waals surface area (Å²) >= 11 is 0. The monoisotopic (exact) mass is 160 g/mol. The van der Waals surface area contributed by atoms with Crippen LogP contribution in [0.4, 0.5) is 0 Å². The van der Waals surface area contributed by atoms with E-state index < -0.39 is 0 Å². The lowest BCUT2D eigenvalue weighted by molar-refractivity contribution is 0.392. The number of halogens is 2. The second kappa shape index (κ2) is 10.1. The molecule has 0 aliphatic heterocycles. The second-order valence-electron chi connectivity index (χ2n) is 0.831. The molecule has 0 aromatic carbocycles. The van der Waals surface area contributed by atoms with Gasteiger partial charge in [-0.3, -0.25) is 5.41 Å². The molecule has 0 saturated heterocycles. The molecule has 0 aliphatic rings. The molecule has 0 aromatic heterocycles. The van der Waals surface area contributed by atoms with Gasteiger partial charge in [0, 0.05) is 0 Å². The van der Waals surface area contributed by atoms with Gasteiger partial charge in [0.25, 0.3) is 0 Å². The SMILES string of the molecule is COC(=N)CN.Cl.Cl. The van der Waals surface area contributed by atoms with Crippen LogP contribution in [0.5, 0.6) is 0 Å². The fraction of sp³-hybridized carbons (Fsp3) is 0.667. The molecule has 0 heterocycles. The average Bonchev–Trinajstić information content (AvgIpc) is 1.65. The van der Waals surface area contributed by atoms with E-state index in [1.165, 1.54) is 7.11 Å². The summed E-state index contributed by atoms with van der Waals surface area (Å²) in [7, 11) is 1.43. The number of ether oxygens (including phenoxy) is 1. The van der Waals surface area contributed by atoms with E-state index in [1.54, 1.807) is 0 Å². The summed E-state index contributed by atoms with van der Waals surface area (Å²) in [4.78, 5) is 0. The lowest BCUT2D eigenvalue weighted by atomic mass is 10.7. The highest BCUT2D eigenvalue weighted by molar-refractivity contribution is 5.85. The van der Waals surface area contributed by atoms with Gasteiger partial charge in [-0.15, -0.1) is 24.8 Å². The van der Waals surface area contributed by atoms with E-state index in [0.29, 0.717) is 0 Å². The molecule has 0 rings (SSSR count). The number of nitrogens with one attached hydrogen (secondary N) is 1. The van der Waals surface area contributed by atoms with Gasteiger partial charge in [-0.2, -0.15) is 0 Å². The third kappa shape index (κ3) is 9.38. The van der Waals surface area contributed by atoms with Crippen LogP contribution in [0.2, 0.25) is 0 Å². The van der Waals surface area contributed by atoms with Crippen LogP contribution in [-0.4, -0.2) is 19.6 Å². The summed E-state index contributed by atoms with van der Waals surface area (Å²) in [6, 6.07) is 0. The molecule has 52 valence electrons. The smallest absolute Gasteiger partial charge is 0.194 e. The van der Waals surface area contributed by atoms with Gasteiger partial charge in [-0.25, -0.2) is 0 Å². The van der Waals surface area contributed by atoms with Crippen molar-refractivity contribution >= 4 is 30.7 Å². The molecule has 0 spiro atoms. The van der Waals surface area contributed by atoms with Crippen molar-refractivity contribution in [2.24, 2.45) is 5.73 Å². The number of hydrogen-bond donors (Lipinski definition) is 2. The van der Waals surface area contributed by atoms with Crippen molar-refractivity contribution in [3.8, 4) is 0 Å². The number of nitrogens with two attached hydrogens (primary N) is 1. The minimum Gasteiger partial charge on any atom is -0.484 e. The maximum absolute atomic E-state index is 6.64. The standard InChI is InChI=1S/C3H8N2O.2ClH/c1-6-3(5)2-4;;/h5H,2,4H2,1H3;2*1H. The summed E-state index contributed by atoms with van der Waals surface area (Å²) < 4.78 is 4.36. The highest BCUT2D eigenvalue weighted by Crippen LogP contribution is 1.62. The Bertz CT molecular complexity index is 53.2. The molecule has 0 atom stereocenters. The minimum absolute atomic E-state index is 0. The van der Waals surface area contributed by atoms with E-state index in [1.807, 2.05) is 0 Å². The maximum Gasteiger partial charge on any atom is 0.194 e. The van der Waals surface area contributed by atoms with E-state index in [-0.39, 0.29) is 37.3 Å². The first-order valence-corrected chi connectivity index (χ1v) is 1.62. The fourth-order valence-corrected chi connectivity index (χ4v) is 0.0833. The Morgan fingerprint density at radius 3 is 2.00 bits per heavy atom. The van der Waals surface area contributed by atoms with Crippen molar-refractivity contribution in [1.29, 1.82) is 5.41 Å². The molecule has 3 nitrogen and oxygen atoms in total. The summed E-state index contributed by atoms with van der Waals surface area (Å²) in [6.07, 6.45) is 0. The Morgan fingerprint density at radius 1 is 1.62 bits per heavy atom. The predicted molar refractivity (Wildman–Crippen MR) is 38.3 cm³/mol. The van der Waals surface area contributed by atoms with E-state index in [9.17, 15) is 0 Å². The second-order valence-corrected chi connectivity index (χ2v) is 0.831. The van der Waals surface area contributed by atoms with Crippen LogP contribution in [0, 0.1) is 5.41 Å². The number of hydrogen-bond acceptors (Lipinski definition) is 3.